The number of rotatable bonds is 10. The average molecular weight is 657 g/mol. The number of nitrogens with one attached hydrogen (secondary N) is 3. The van der Waals surface area contributed by atoms with Gasteiger partial charge in [-0.15, -0.1) is 0 Å². The molecule has 0 bridgehead atoms. The van der Waals surface area contributed by atoms with Gasteiger partial charge in [0.15, 0.2) is 0 Å². The summed E-state index contributed by atoms with van der Waals surface area (Å²) in [4.78, 5) is 29.7. The number of likely N-dealkylation sites (tertiary alicyclic amines) is 1. The molecule has 0 spiro atoms. The van der Waals surface area contributed by atoms with Crippen LogP contribution in [0, 0.1) is 11.3 Å². The van der Waals surface area contributed by atoms with E-state index in [0.717, 1.165) is 73.1 Å². The zero-order valence-corrected chi connectivity index (χ0v) is 27.1. The molecule has 2 atom stereocenters. The molecular formula is C39H43F3N4O2. The highest BCUT2D eigenvalue weighted by Crippen LogP contribution is 2.51. The van der Waals surface area contributed by atoms with Crippen molar-refractivity contribution < 1.29 is 22.8 Å². The van der Waals surface area contributed by atoms with E-state index in [0.29, 0.717) is 25.0 Å². The van der Waals surface area contributed by atoms with E-state index < -0.39 is 30.0 Å². The van der Waals surface area contributed by atoms with Gasteiger partial charge in [0.2, 0.25) is 11.8 Å². The minimum Gasteiger partial charge on any atom is -0.353 e. The van der Waals surface area contributed by atoms with E-state index in [-0.39, 0.29) is 17.9 Å². The molecule has 0 aromatic heterocycles. The number of piperidine rings is 1. The van der Waals surface area contributed by atoms with Crippen LogP contribution in [0.5, 0.6) is 0 Å². The number of fused-ring (bicyclic) bond motifs is 3. The van der Waals surface area contributed by atoms with Crippen LogP contribution in [0.4, 0.5) is 13.2 Å². The fourth-order valence-electron chi connectivity index (χ4n) is 7.93. The molecule has 2 amide bonds. The number of benzene rings is 3. The van der Waals surface area contributed by atoms with E-state index in [1.165, 1.54) is 0 Å². The maximum Gasteiger partial charge on any atom is 0.405 e. The molecule has 6 rings (SSSR count). The van der Waals surface area contributed by atoms with E-state index >= 15 is 0 Å². The molecule has 48 heavy (non-hydrogen) atoms. The maximum atomic E-state index is 13.7. The smallest absolute Gasteiger partial charge is 0.353 e. The topological polar surface area (TPSA) is 85.3 Å². The van der Waals surface area contributed by atoms with Gasteiger partial charge in [-0.3, -0.25) is 9.59 Å². The summed E-state index contributed by atoms with van der Waals surface area (Å²) in [5, 5.41) is 14.2. The van der Waals surface area contributed by atoms with Crippen LogP contribution in [0.15, 0.2) is 91.0 Å². The Bertz CT molecular complexity index is 1600. The summed E-state index contributed by atoms with van der Waals surface area (Å²) in [6, 6.07) is 25.1. The van der Waals surface area contributed by atoms with Gasteiger partial charge in [0.25, 0.3) is 0 Å². The van der Waals surface area contributed by atoms with Crippen molar-refractivity contribution in [2.75, 3.05) is 26.2 Å². The third kappa shape index (κ3) is 7.11. The molecule has 9 heteroatoms. The van der Waals surface area contributed by atoms with Crippen LogP contribution in [0.25, 0.3) is 11.1 Å². The first kappa shape index (κ1) is 33.7. The molecule has 3 aliphatic rings. The van der Waals surface area contributed by atoms with Crippen LogP contribution in [0.2, 0.25) is 0 Å². The predicted molar refractivity (Wildman–Crippen MR) is 182 cm³/mol. The van der Waals surface area contributed by atoms with Crippen molar-refractivity contribution in [1.82, 2.24) is 15.5 Å². The van der Waals surface area contributed by atoms with Gasteiger partial charge < -0.3 is 20.9 Å². The number of halogens is 3. The second-order valence-electron chi connectivity index (χ2n) is 13.3. The van der Waals surface area contributed by atoms with Gasteiger partial charge in [-0.25, -0.2) is 0 Å². The summed E-state index contributed by atoms with van der Waals surface area (Å²) >= 11 is 0. The number of unbranched alkanes of at least 4 members (excludes halogenated alkanes) is 1. The molecular weight excluding hydrogens is 613 g/mol. The first-order valence-electron chi connectivity index (χ1n) is 17.0. The number of carbonyl (C=O) groups is 2. The van der Waals surface area contributed by atoms with Crippen LogP contribution in [-0.4, -0.2) is 60.8 Å². The number of amides is 2. The van der Waals surface area contributed by atoms with Crippen molar-refractivity contribution in [2.24, 2.45) is 5.92 Å². The van der Waals surface area contributed by atoms with E-state index in [1.807, 2.05) is 84.9 Å². The number of alkyl halides is 3. The molecule has 0 radical (unpaired) electrons. The van der Waals surface area contributed by atoms with Gasteiger partial charge in [0.05, 0.1) is 5.92 Å². The molecule has 1 aliphatic heterocycles. The second kappa shape index (κ2) is 14.5. The van der Waals surface area contributed by atoms with Gasteiger partial charge in [-0.2, -0.15) is 13.2 Å². The van der Waals surface area contributed by atoms with Crippen LogP contribution in [-0.2, 0) is 15.0 Å². The highest BCUT2D eigenvalue weighted by atomic mass is 19.4. The Balaban J connectivity index is 1.05. The lowest BCUT2D eigenvalue weighted by Gasteiger charge is -2.34. The number of allylic oxidation sites excluding steroid dienone is 2. The van der Waals surface area contributed by atoms with E-state index in [1.54, 1.807) is 0 Å². The summed E-state index contributed by atoms with van der Waals surface area (Å²) in [7, 11) is 0. The molecule has 6 nitrogen and oxygen atoms in total. The molecule has 1 unspecified atom stereocenters. The van der Waals surface area contributed by atoms with Gasteiger partial charge in [0, 0.05) is 37.2 Å². The normalized spacial score (nSPS) is 20.9. The van der Waals surface area contributed by atoms with Gasteiger partial charge in [-0.05, 0) is 66.5 Å². The van der Waals surface area contributed by atoms with E-state index in [2.05, 4.69) is 21.6 Å². The Morgan fingerprint density at radius 1 is 0.854 bits per heavy atom. The fraction of sp³-hybridized carbons (Fsp3) is 0.410. The second-order valence-corrected chi connectivity index (χ2v) is 13.3. The first-order chi connectivity index (χ1) is 23.2. The summed E-state index contributed by atoms with van der Waals surface area (Å²) in [6.45, 7) is 1.08. The van der Waals surface area contributed by atoms with Crippen molar-refractivity contribution in [3.63, 3.8) is 0 Å². The molecule has 3 N–H and O–H groups in total. The number of nitrogens with zero attached hydrogens (tertiary/aromatic N) is 1. The fourth-order valence-corrected chi connectivity index (χ4v) is 7.93. The van der Waals surface area contributed by atoms with Crippen molar-refractivity contribution in [1.29, 1.82) is 5.41 Å². The van der Waals surface area contributed by atoms with Gasteiger partial charge in [-0.1, -0.05) is 97.4 Å². The van der Waals surface area contributed by atoms with Crippen molar-refractivity contribution in [2.45, 2.75) is 68.5 Å². The molecule has 1 fully saturated rings. The quantitative estimate of drug-likeness (QED) is 0.160. The Labute approximate surface area is 280 Å². The lowest BCUT2D eigenvalue weighted by atomic mass is 9.73. The largest absolute Gasteiger partial charge is 0.405 e. The number of hydrogen-bond acceptors (Lipinski definition) is 4. The molecule has 252 valence electrons. The summed E-state index contributed by atoms with van der Waals surface area (Å²) in [6.07, 6.45) is 4.27. The molecule has 1 heterocycles. The SMILES string of the molecule is N=C1CC=CC[C@@H](c2ccccc2)C1C(=O)NC1CCN(CCCCC2(C(=O)NCC(F)(F)F)c3ccccc3-c3ccccc32)CC1. The molecule has 0 saturated carbocycles. The number of carbonyl (C=O) groups excluding carboxylic acids is 2. The maximum absolute atomic E-state index is 13.7. The zero-order chi connectivity index (χ0) is 33.7. The van der Waals surface area contributed by atoms with Crippen LogP contribution < -0.4 is 10.6 Å². The van der Waals surface area contributed by atoms with Crippen molar-refractivity contribution in [3.8, 4) is 11.1 Å². The third-order valence-electron chi connectivity index (χ3n) is 10.3. The minimum absolute atomic E-state index is 0.0428. The van der Waals surface area contributed by atoms with Crippen molar-refractivity contribution in [3.05, 3.63) is 108 Å². The Morgan fingerprint density at radius 2 is 1.48 bits per heavy atom. The van der Waals surface area contributed by atoms with Crippen molar-refractivity contribution >= 4 is 17.5 Å². The van der Waals surface area contributed by atoms with E-state index in [4.69, 9.17) is 5.41 Å². The molecule has 2 aliphatic carbocycles. The monoisotopic (exact) mass is 656 g/mol. The Morgan fingerprint density at radius 3 is 2.12 bits per heavy atom. The first-order valence-corrected chi connectivity index (χ1v) is 17.0. The Kier molecular flexibility index (Phi) is 10.2. The summed E-state index contributed by atoms with van der Waals surface area (Å²) in [5.74, 6) is -1.23. The summed E-state index contributed by atoms with van der Waals surface area (Å²) in [5.41, 5.74) is 3.64. The minimum atomic E-state index is -4.50. The van der Waals surface area contributed by atoms with E-state index in [9.17, 15) is 22.8 Å². The predicted octanol–water partition coefficient (Wildman–Crippen LogP) is 7.15. The highest BCUT2D eigenvalue weighted by Gasteiger charge is 2.49. The van der Waals surface area contributed by atoms with Crippen LogP contribution in [0.3, 0.4) is 0 Å². The van der Waals surface area contributed by atoms with Crippen LogP contribution >= 0.6 is 0 Å². The lowest BCUT2D eigenvalue weighted by Crippen LogP contribution is -2.48. The van der Waals surface area contributed by atoms with Gasteiger partial charge >= 0.3 is 6.18 Å². The standard InChI is InChI=1S/C39H43F3N4O2/c40-39(41,42)26-44-37(48)38(32-17-7-4-15-30(32)31-16-5-8-18-33(31)38)22-10-11-23-46-24-20-28(21-25-46)45-36(47)35-29(14-6-9-19-34(35)43)27-12-2-1-3-13-27/h1-9,12-13,15-18,28-29,35,43H,10-11,14,19-26H2,(H,44,48)(H,45,47)/t29-,35?/m0/s1. The van der Waals surface area contributed by atoms with Gasteiger partial charge in [0.1, 0.15) is 12.0 Å². The lowest BCUT2D eigenvalue weighted by molar-refractivity contribution is -0.141. The zero-order valence-electron chi connectivity index (χ0n) is 27.1. The third-order valence-corrected chi connectivity index (χ3v) is 10.3. The van der Waals surface area contributed by atoms with Crippen LogP contribution in [0.1, 0.15) is 67.6 Å². The Hall–Kier alpha value is -4.24. The molecule has 3 aromatic carbocycles. The number of hydrogen-bond donors (Lipinski definition) is 3. The molecule has 3 aromatic rings. The molecule has 1 saturated heterocycles. The average Bonchev–Trinajstić information content (AvgIpc) is 3.22. The summed E-state index contributed by atoms with van der Waals surface area (Å²) < 4.78 is 39.6. The highest BCUT2D eigenvalue weighted by molar-refractivity contribution is 6.04.